The molecule has 0 radical (unpaired) electrons. The van der Waals surface area contributed by atoms with Crippen molar-refractivity contribution in [2.75, 3.05) is 0 Å². The van der Waals surface area contributed by atoms with Crippen molar-refractivity contribution in [3.05, 3.63) is 46.1 Å². The molecule has 0 spiro atoms. The minimum Gasteiger partial charge on any atom is -0.483 e. The van der Waals surface area contributed by atoms with E-state index in [1.54, 1.807) is 0 Å². The average Bonchev–Trinajstić information content (AvgIpc) is 2.89. The molecule has 0 N–H and O–H groups in total. The van der Waals surface area contributed by atoms with Crippen molar-refractivity contribution in [2.24, 2.45) is 7.05 Å². The van der Waals surface area contributed by atoms with Crippen molar-refractivity contribution >= 4 is 21.6 Å². The summed E-state index contributed by atoms with van der Waals surface area (Å²) in [4.78, 5) is 4.52. The van der Waals surface area contributed by atoms with Crippen molar-refractivity contribution in [2.45, 2.75) is 20.5 Å². The molecule has 0 saturated carbocycles. The third-order valence-corrected chi connectivity index (χ3v) is 3.74. The molecular formula is C14H15BrN4O. The fourth-order valence-electron chi connectivity index (χ4n) is 2.20. The first-order chi connectivity index (χ1) is 9.54. The monoisotopic (exact) mass is 334 g/mol. The van der Waals surface area contributed by atoms with Crippen molar-refractivity contribution in [3.63, 3.8) is 0 Å². The van der Waals surface area contributed by atoms with Gasteiger partial charge >= 0.3 is 0 Å². The lowest BCUT2D eigenvalue weighted by Gasteiger charge is -2.03. The van der Waals surface area contributed by atoms with Crippen LogP contribution in [0, 0.1) is 13.8 Å². The van der Waals surface area contributed by atoms with Crippen LogP contribution in [-0.4, -0.2) is 19.2 Å². The summed E-state index contributed by atoms with van der Waals surface area (Å²) >= 11 is 3.45. The van der Waals surface area contributed by atoms with Gasteiger partial charge in [-0.3, -0.25) is 4.68 Å². The van der Waals surface area contributed by atoms with Crippen LogP contribution in [0.4, 0.5) is 0 Å². The van der Waals surface area contributed by atoms with Gasteiger partial charge in [-0.25, -0.2) is 4.98 Å². The Labute approximate surface area is 125 Å². The molecule has 0 aliphatic rings. The minimum absolute atomic E-state index is 0.437. The number of fused-ring (bicyclic) bond motifs is 1. The molecular weight excluding hydrogens is 320 g/mol. The van der Waals surface area contributed by atoms with E-state index in [9.17, 15) is 0 Å². The Morgan fingerprint density at radius 2 is 2.05 bits per heavy atom. The number of imidazole rings is 1. The van der Waals surface area contributed by atoms with Crippen molar-refractivity contribution in [3.8, 4) is 5.75 Å². The number of halogens is 1. The van der Waals surface area contributed by atoms with Gasteiger partial charge in [0.15, 0.2) is 5.75 Å². The maximum atomic E-state index is 5.86. The van der Waals surface area contributed by atoms with Crippen molar-refractivity contribution in [1.82, 2.24) is 19.2 Å². The van der Waals surface area contributed by atoms with E-state index in [-0.39, 0.29) is 0 Å². The summed E-state index contributed by atoms with van der Waals surface area (Å²) in [6.45, 7) is 4.38. The number of hydrogen-bond donors (Lipinski definition) is 0. The summed E-state index contributed by atoms with van der Waals surface area (Å²) in [6, 6.07) is 3.94. The second kappa shape index (κ2) is 4.94. The molecule has 5 nitrogen and oxygen atoms in total. The quantitative estimate of drug-likeness (QED) is 0.739. The van der Waals surface area contributed by atoms with E-state index in [2.05, 4.69) is 26.0 Å². The lowest BCUT2D eigenvalue weighted by Crippen LogP contribution is -1.98. The summed E-state index contributed by atoms with van der Waals surface area (Å²) in [5, 5.41) is 4.34. The molecule has 6 heteroatoms. The maximum absolute atomic E-state index is 5.86. The topological polar surface area (TPSA) is 44.4 Å². The van der Waals surface area contributed by atoms with Gasteiger partial charge in [-0.15, -0.1) is 0 Å². The standard InChI is InChI=1S/C14H15BrN4O/c1-9-14(10(2)18(3)17-9)20-8-12-7-19-6-11(15)4-5-13(19)16-12/h4-7H,8H2,1-3H3. The number of ether oxygens (including phenoxy) is 1. The van der Waals surface area contributed by atoms with Crippen LogP contribution in [-0.2, 0) is 13.7 Å². The third-order valence-electron chi connectivity index (χ3n) is 3.27. The summed E-state index contributed by atoms with van der Waals surface area (Å²) in [5.41, 5.74) is 3.72. The number of hydrogen-bond acceptors (Lipinski definition) is 3. The smallest absolute Gasteiger partial charge is 0.163 e. The number of aryl methyl sites for hydroxylation is 2. The zero-order valence-electron chi connectivity index (χ0n) is 11.6. The van der Waals surface area contributed by atoms with Crippen LogP contribution < -0.4 is 4.74 Å². The van der Waals surface area contributed by atoms with E-state index in [4.69, 9.17) is 4.74 Å². The van der Waals surface area contributed by atoms with E-state index < -0.39 is 0 Å². The van der Waals surface area contributed by atoms with Gasteiger partial charge in [0.25, 0.3) is 0 Å². The highest BCUT2D eigenvalue weighted by molar-refractivity contribution is 9.10. The SMILES string of the molecule is Cc1nn(C)c(C)c1OCc1cn2cc(Br)ccc2n1. The fourth-order valence-corrected chi connectivity index (χ4v) is 2.55. The van der Waals surface area contributed by atoms with Gasteiger partial charge in [0, 0.05) is 23.9 Å². The highest BCUT2D eigenvalue weighted by Gasteiger charge is 2.11. The summed E-state index contributed by atoms with van der Waals surface area (Å²) in [5.74, 6) is 0.839. The fraction of sp³-hybridized carbons (Fsp3) is 0.286. The molecule has 0 aliphatic carbocycles. The molecule has 3 rings (SSSR count). The Morgan fingerprint density at radius 3 is 2.75 bits per heavy atom. The molecule has 3 aromatic rings. The first-order valence-electron chi connectivity index (χ1n) is 6.31. The maximum Gasteiger partial charge on any atom is 0.163 e. The Balaban J connectivity index is 1.83. The van der Waals surface area contributed by atoms with E-state index in [0.717, 1.165) is 33.0 Å². The lowest BCUT2D eigenvalue weighted by molar-refractivity contribution is 0.297. The molecule has 0 fully saturated rings. The molecule has 3 aromatic heterocycles. The first kappa shape index (κ1) is 13.2. The predicted octanol–water partition coefficient (Wildman–Crippen LogP) is 3.03. The van der Waals surface area contributed by atoms with E-state index in [1.807, 2.05) is 54.5 Å². The van der Waals surface area contributed by atoms with Crippen LogP contribution in [0.1, 0.15) is 17.1 Å². The largest absolute Gasteiger partial charge is 0.483 e. The van der Waals surface area contributed by atoms with Gasteiger partial charge in [0.2, 0.25) is 0 Å². The molecule has 0 unspecified atom stereocenters. The number of pyridine rings is 1. The van der Waals surface area contributed by atoms with Crippen LogP contribution in [0.2, 0.25) is 0 Å². The number of nitrogens with zero attached hydrogens (tertiary/aromatic N) is 4. The normalized spacial score (nSPS) is 11.2. The van der Waals surface area contributed by atoms with Crippen molar-refractivity contribution < 1.29 is 4.74 Å². The minimum atomic E-state index is 0.437. The molecule has 0 aromatic carbocycles. The molecule has 0 saturated heterocycles. The Bertz CT molecular complexity index is 775. The van der Waals surface area contributed by atoms with Gasteiger partial charge < -0.3 is 9.14 Å². The highest BCUT2D eigenvalue weighted by atomic mass is 79.9. The second-order valence-electron chi connectivity index (χ2n) is 4.76. The van der Waals surface area contributed by atoms with Gasteiger partial charge in [-0.1, -0.05) is 0 Å². The average molecular weight is 335 g/mol. The Morgan fingerprint density at radius 1 is 1.25 bits per heavy atom. The Hall–Kier alpha value is -1.82. The summed E-state index contributed by atoms with van der Waals surface area (Å²) < 4.78 is 10.7. The second-order valence-corrected chi connectivity index (χ2v) is 5.67. The molecule has 104 valence electrons. The third kappa shape index (κ3) is 2.31. The van der Waals surface area contributed by atoms with Gasteiger partial charge in [-0.05, 0) is 41.9 Å². The zero-order chi connectivity index (χ0) is 14.3. The van der Waals surface area contributed by atoms with Crippen molar-refractivity contribution in [1.29, 1.82) is 0 Å². The first-order valence-corrected chi connectivity index (χ1v) is 7.10. The van der Waals surface area contributed by atoms with Gasteiger partial charge in [0.1, 0.15) is 17.9 Å². The number of rotatable bonds is 3. The van der Waals surface area contributed by atoms with Crippen LogP contribution in [0.5, 0.6) is 5.75 Å². The molecule has 0 aliphatic heterocycles. The lowest BCUT2D eigenvalue weighted by atomic mass is 10.3. The van der Waals surface area contributed by atoms with E-state index in [0.29, 0.717) is 6.61 Å². The zero-order valence-corrected chi connectivity index (χ0v) is 13.2. The van der Waals surface area contributed by atoms with Crippen LogP contribution in [0.3, 0.4) is 0 Å². The molecule has 0 amide bonds. The van der Waals surface area contributed by atoms with Gasteiger partial charge in [-0.2, -0.15) is 5.10 Å². The number of aromatic nitrogens is 4. The Kier molecular flexibility index (Phi) is 3.25. The summed E-state index contributed by atoms with van der Waals surface area (Å²) in [6.07, 6.45) is 3.95. The van der Waals surface area contributed by atoms with Crippen LogP contribution in [0.15, 0.2) is 29.0 Å². The predicted molar refractivity (Wildman–Crippen MR) is 79.9 cm³/mol. The molecule has 0 bridgehead atoms. The summed E-state index contributed by atoms with van der Waals surface area (Å²) in [7, 11) is 1.91. The van der Waals surface area contributed by atoms with E-state index >= 15 is 0 Å². The highest BCUT2D eigenvalue weighted by Crippen LogP contribution is 2.22. The van der Waals surface area contributed by atoms with Gasteiger partial charge in [0.05, 0.1) is 11.4 Å². The molecule has 3 heterocycles. The van der Waals surface area contributed by atoms with Crippen LogP contribution >= 0.6 is 15.9 Å². The molecule has 20 heavy (non-hydrogen) atoms. The van der Waals surface area contributed by atoms with Crippen LogP contribution in [0.25, 0.3) is 5.65 Å². The molecule has 0 atom stereocenters. The van der Waals surface area contributed by atoms with E-state index in [1.165, 1.54) is 0 Å².